The number of rotatable bonds is 7. The summed E-state index contributed by atoms with van der Waals surface area (Å²) in [5.74, 6) is -0.335. The van der Waals surface area contributed by atoms with Crippen LogP contribution in [0.3, 0.4) is 0 Å². The van der Waals surface area contributed by atoms with Gasteiger partial charge in [0.05, 0.1) is 11.5 Å². The summed E-state index contributed by atoms with van der Waals surface area (Å²) in [4.78, 5) is 13.2. The summed E-state index contributed by atoms with van der Waals surface area (Å²) in [5.41, 5.74) is -0.685. The van der Waals surface area contributed by atoms with Crippen LogP contribution in [0.4, 0.5) is 0 Å². The lowest BCUT2D eigenvalue weighted by Crippen LogP contribution is -2.47. The predicted molar refractivity (Wildman–Crippen MR) is 76.1 cm³/mol. The van der Waals surface area contributed by atoms with Crippen LogP contribution in [0.1, 0.15) is 52.9 Å². The van der Waals surface area contributed by atoms with E-state index in [-0.39, 0.29) is 5.92 Å². The van der Waals surface area contributed by atoms with Crippen molar-refractivity contribution in [1.82, 2.24) is 4.90 Å². The largest absolute Gasteiger partial charge is 0.481 e. The van der Waals surface area contributed by atoms with E-state index in [0.717, 1.165) is 19.5 Å². The Morgan fingerprint density at radius 3 is 2.37 bits per heavy atom. The molecule has 19 heavy (non-hydrogen) atoms. The minimum absolute atomic E-state index is 0.259. The van der Waals surface area contributed by atoms with E-state index in [1.165, 1.54) is 0 Å². The topological polar surface area (TPSA) is 60.8 Å². The van der Waals surface area contributed by atoms with Crippen LogP contribution in [0.15, 0.2) is 0 Å². The zero-order valence-electron chi connectivity index (χ0n) is 12.6. The smallest absolute Gasteiger partial charge is 0.306 e. The first-order chi connectivity index (χ1) is 8.90. The SMILES string of the molecule is CCC(C)CN(CC)CC1(O)CCC(C(=O)O)CC1. The van der Waals surface area contributed by atoms with Crippen LogP contribution in [0, 0.1) is 11.8 Å². The van der Waals surface area contributed by atoms with Crippen molar-refractivity contribution in [2.45, 2.75) is 58.5 Å². The van der Waals surface area contributed by atoms with Crippen molar-refractivity contribution in [2.24, 2.45) is 11.8 Å². The summed E-state index contributed by atoms with van der Waals surface area (Å²) in [6, 6.07) is 0. The van der Waals surface area contributed by atoms with Crippen LogP contribution in [0.5, 0.6) is 0 Å². The molecule has 0 aromatic carbocycles. The van der Waals surface area contributed by atoms with Crippen molar-refractivity contribution in [3.63, 3.8) is 0 Å². The highest BCUT2D eigenvalue weighted by Gasteiger charge is 2.36. The van der Waals surface area contributed by atoms with Crippen LogP contribution in [-0.4, -0.2) is 46.3 Å². The Bertz CT molecular complexity index is 285. The Morgan fingerprint density at radius 2 is 1.95 bits per heavy atom. The molecule has 0 amide bonds. The first-order valence-electron chi connectivity index (χ1n) is 7.57. The number of carboxylic acid groups (broad SMARTS) is 1. The van der Waals surface area contributed by atoms with E-state index in [1.54, 1.807) is 0 Å². The summed E-state index contributed by atoms with van der Waals surface area (Å²) in [6.45, 7) is 9.17. The van der Waals surface area contributed by atoms with Crippen LogP contribution < -0.4 is 0 Å². The number of likely N-dealkylation sites (N-methyl/N-ethyl adjacent to an activating group) is 1. The van der Waals surface area contributed by atoms with Crippen LogP contribution >= 0.6 is 0 Å². The fourth-order valence-corrected chi connectivity index (χ4v) is 2.85. The number of carbonyl (C=O) groups is 1. The van der Waals surface area contributed by atoms with Gasteiger partial charge in [-0.2, -0.15) is 0 Å². The highest BCUT2D eigenvalue weighted by Crippen LogP contribution is 2.33. The van der Waals surface area contributed by atoms with Gasteiger partial charge < -0.3 is 15.1 Å². The minimum atomic E-state index is -0.714. The molecule has 0 bridgehead atoms. The molecule has 0 spiro atoms. The Kier molecular flexibility index (Phi) is 6.27. The lowest BCUT2D eigenvalue weighted by Gasteiger charge is -2.39. The third-order valence-corrected chi connectivity index (χ3v) is 4.50. The maximum atomic E-state index is 10.9. The maximum absolute atomic E-state index is 10.9. The monoisotopic (exact) mass is 271 g/mol. The molecule has 112 valence electrons. The van der Waals surface area contributed by atoms with Crippen molar-refractivity contribution < 1.29 is 15.0 Å². The Labute approximate surface area is 116 Å². The fraction of sp³-hybridized carbons (Fsp3) is 0.933. The molecule has 0 saturated heterocycles. The number of hydrogen-bond donors (Lipinski definition) is 2. The van der Waals surface area contributed by atoms with Crippen molar-refractivity contribution >= 4 is 5.97 Å². The lowest BCUT2D eigenvalue weighted by atomic mass is 9.78. The Hall–Kier alpha value is -0.610. The van der Waals surface area contributed by atoms with E-state index in [9.17, 15) is 9.90 Å². The molecular weight excluding hydrogens is 242 g/mol. The van der Waals surface area contributed by atoms with Gasteiger partial charge in [-0.15, -0.1) is 0 Å². The zero-order chi connectivity index (χ0) is 14.5. The molecule has 0 aliphatic heterocycles. The molecule has 0 aromatic heterocycles. The normalized spacial score (nSPS) is 29.4. The van der Waals surface area contributed by atoms with Crippen molar-refractivity contribution in [3.05, 3.63) is 0 Å². The van der Waals surface area contributed by atoms with Gasteiger partial charge in [0.2, 0.25) is 0 Å². The van der Waals surface area contributed by atoms with E-state index >= 15 is 0 Å². The van der Waals surface area contributed by atoms with Gasteiger partial charge in [-0.1, -0.05) is 27.2 Å². The molecule has 0 aromatic rings. The van der Waals surface area contributed by atoms with E-state index in [4.69, 9.17) is 5.11 Å². The summed E-state index contributed by atoms with van der Waals surface area (Å²) in [7, 11) is 0. The van der Waals surface area contributed by atoms with Crippen LogP contribution in [0.2, 0.25) is 0 Å². The number of aliphatic hydroxyl groups is 1. The number of carboxylic acids is 1. The highest BCUT2D eigenvalue weighted by atomic mass is 16.4. The molecule has 2 N–H and O–H groups in total. The van der Waals surface area contributed by atoms with Gasteiger partial charge in [0.1, 0.15) is 0 Å². The molecule has 4 nitrogen and oxygen atoms in total. The third kappa shape index (κ3) is 5.11. The van der Waals surface area contributed by atoms with Gasteiger partial charge >= 0.3 is 5.97 Å². The molecular formula is C15H29NO3. The predicted octanol–water partition coefficient (Wildman–Crippen LogP) is 2.36. The van der Waals surface area contributed by atoms with Gasteiger partial charge in [0, 0.05) is 13.1 Å². The van der Waals surface area contributed by atoms with Gasteiger partial charge in [-0.25, -0.2) is 0 Å². The maximum Gasteiger partial charge on any atom is 0.306 e. The third-order valence-electron chi connectivity index (χ3n) is 4.50. The average molecular weight is 271 g/mol. The van der Waals surface area contributed by atoms with E-state index in [1.807, 2.05) is 0 Å². The summed E-state index contributed by atoms with van der Waals surface area (Å²) in [5, 5.41) is 19.6. The first kappa shape index (κ1) is 16.4. The van der Waals surface area contributed by atoms with Crippen LogP contribution in [-0.2, 0) is 4.79 Å². The molecule has 0 heterocycles. The molecule has 1 atom stereocenters. The molecule has 1 unspecified atom stereocenters. The summed E-state index contributed by atoms with van der Waals surface area (Å²) < 4.78 is 0. The summed E-state index contributed by atoms with van der Waals surface area (Å²) in [6.07, 6.45) is 3.58. The first-order valence-corrected chi connectivity index (χ1v) is 7.57. The second kappa shape index (κ2) is 7.25. The molecule has 4 heteroatoms. The van der Waals surface area contributed by atoms with Gasteiger partial charge in [0.15, 0.2) is 0 Å². The number of aliphatic carboxylic acids is 1. The summed E-state index contributed by atoms with van der Waals surface area (Å²) >= 11 is 0. The van der Waals surface area contributed by atoms with E-state index < -0.39 is 11.6 Å². The van der Waals surface area contributed by atoms with E-state index in [0.29, 0.717) is 38.1 Å². The molecule has 1 fully saturated rings. The van der Waals surface area contributed by atoms with Crippen LogP contribution in [0.25, 0.3) is 0 Å². The van der Waals surface area contributed by atoms with Crippen molar-refractivity contribution in [3.8, 4) is 0 Å². The van der Waals surface area contributed by atoms with Crippen molar-refractivity contribution in [1.29, 1.82) is 0 Å². The number of hydrogen-bond acceptors (Lipinski definition) is 3. The second-order valence-electron chi connectivity index (χ2n) is 6.18. The molecule has 0 radical (unpaired) electrons. The average Bonchev–Trinajstić information content (AvgIpc) is 2.38. The second-order valence-corrected chi connectivity index (χ2v) is 6.18. The Morgan fingerprint density at radius 1 is 1.37 bits per heavy atom. The van der Waals surface area contributed by atoms with Gasteiger partial charge in [-0.05, 0) is 38.1 Å². The molecule has 1 aliphatic carbocycles. The van der Waals surface area contributed by atoms with Gasteiger partial charge in [-0.3, -0.25) is 4.79 Å². The highest BCUT2D eigenvalue weighted by molar-refractivity contribution is 5.70. The molecule has 1 aliphatic rings. The van der Waals surface area contributed by atoms with Crippen molar-refractivity contribution in [2.75, 3.05) is 19.6 Å². The Balaban J connectivity index is 2.48. The zero-order valence-corrected chi connectivity index (χ0v) is 12.6. The van der Waals surface area contributed by atoms with E-state index in [2.05, 4.69) is 25.7 Å². The quantitative estimate of drug-likeness (QED) is 0.746. The fourth-order valence-electron chi connectivity index (χ4n) is 2.85. The molecule has 1 saturated carbocycles. The molecule has 1 rings (SSSR count). The lowest BCUT2D eigenvalue weighted by molar-refractivity contribution is -0.145. The van der Waals surface area contributed by atoms with Gasteiger partial charge in [0.25, 0.3) is 0 Å². The minimum Gasteiger partial charge on any atom is -0.481 e. The standard InChI is InChI=1S/C15H29NO3/c1-4-12(3)10-16(5-2)11-15(19)8-6-13(7-9-15)14(17)18/h12-13,19H,4-11H2,1-3H3,(H,17,18). The number of nitrogens with zero attached hydrogens (tertiary/aromatic N) is 1.